The second-order valence-corrected chi connectivity index (χ2v) is 6.74. The molecule has 0 bridgehead atoms. The summed E-state index contributed by atoms with van der Waals surface area (Å²) >= 11 is 0. The first kappa shape index (κ1) is 18.8. The van der Waals surface area contributed by atoms with E-state index in [1.165, 1.54) is 14.7 Å². The fourth-order valence-corrected chi connectivity index (χ4v) is 3.59. The lowest BCUT2D eigenvalue weighted by Gasteiger charge is -2.27. The molecular formula is C18H25N5O4. The second kappa shape index (κ2) is 7.34. The fraction of sp³-hybridized carbons (Fsp3) is 0.500. The molecule has 27 heavy (non-hydrogen) atoms. The van der Waals surface area contributed by atoms with Gasteiger partial charge in [-0.1, -0.05) is 19.1 Å². The number of rotatable bonds is 6. The van der Waals surface area contributed by atoms with Crippen LogP contribution in [0.25, 0.3) is 0 Å². The van der Waals surface area contributed by atoms with Crippen molar-refractivity contribution in [3.63, 3.8) is 0 Å². The zero-order chi connectivity index (χ0) is 19.7. The van der Waals surface area contributed by atoms with Crippen LogP contribution in [0.5, 0.6) is 5.75 Å². The smallest absolute Gasteiger partial charge is 0.323 e. The van der Waals surface area contributed by atoms with Gasteiger partial charge in [-0.05, 0) is 24.1 Å². The van der Waals surface area contributed by atoms with Gasteiger partial charge in [-0.25, -0.2) is 9.59 Å². The van der Waals surface area contributed by atoms with Crippen LogP contribution in [0.4, 0.5) is 9.59 Å². The summed E-state index contributed by atoms with van der Waals surface area (Å²) in [6.45, 7) is 1.86. The first-order valence-electron chi connectivity index (χ1n) is 8.87. The van der Waals surface area contributed by atoms with Crippen molar-refractivity contribution in [3.8, 4) is 5.75 Å². The van der Waals surface area contributed by atoms with Crippen LogP contribution in [0.15, 0.2) is 24.3 Å². The van der Waals surface area contributed by atoms with Gasteiger partial charge in [-0.2, -0.15) is 0 Å². The highest BCUT2D eigenvalue weighted by Gasteiger charge is 2.52. The third-order valence-electron chi connectivity index (χ3n) is 5.13. The van der Waals surface area contributed by atoms with Gasteiger partial charge in [0.15, 0.2) is 0 Å². The summed E-state index contributed by atoms with van der Waals surface area (Å²) in [6, 6.07) is 6.78. The molecule has 1 aromatic rings. The first-order chi connectivity index (χ1) is 12.9. The molecule has 2 aliphatic rings. The van der Waals surface area contributed by atoms with Crippen molar-refractivity contribution in [2.24, 2.45) is 0 Å². The van der Waals surface area contributed by atoms with Gasteiger partial charge in [-0.3, -0.25) is 9.69 Å². The van der Waals surface area contributed by atoms with Crippen LogP contribution < -0.4 is 15.4 Å². The molecule has 0 aromatic heterocycles. The highest BCUT2D eigenvalue weighted by Crippen LogP contribution is 2.26. The molecule has 0 saturated carbocycles. The van der Waals surface area contributed by atoms with E-state index >= 15 is 0 Å². The second-order valence-electron chi connectivity index (χ2n) is 6.74. The Bertz CT molecular complexity index is 738. The van der Waals surface area contributed by atoms with Crippen molar-refractivity contribution in [2.45, 2.75) is 31.7 Å². The van der Waals surface area contributed by atoms with Gasteiger partial charge in [0.05, 0.1) is 13.2 Å². The van der Waals surface area contributed by atoms with Crippen LogP contribution >= 0.6 is 0 Å². The lowest BCUT2D eigenvalue weighted by molar-refractivity contribution is -0.123. The number of carbonyl (C=O) groups is 3. The predicted molar refractivity (Wildman–Crippen MR) is 97.9 cm³/mol. The Morgan fingerprint density at radius 3 is 2.48 bits per heavy atom. The molecule has 2 N–H and O–H groups in total. The van der Waals surface area contributed by atoms with E-state index in [4.69, 9.17) is 4.74 Å². The molecule has 2 saturated heterocycles. The summed E-state index contributed by atoms with van der Waals surface area (Å²) in [5, 5.41) is 5.72. The third kappa shape index (κ3) is 3.36. The summed E-state index contributed by atoms with van der Waals surface area (Å²) in [5.74, 6) is 0.474. The van der Waals surface area contributed by atoms with Gasteiger partial charge in [0.2, 0.25) is 5.91 Å². The van der Waals surface area contributed by atoms with Gasteiger partial charge in [0.25, 0.3) is 0 Å². The average molecular weight is 375 g/mol. The van der Waals surface area contributed by atoms with E-state index in [1.807, 2.05) is 31.2 Å². The van der Waals surface area contributed by atoms with Crippen LogP contribution in [-0.4, -0.2) is 72.8 Å². The van der Waals surface area contributed by atoms with E-state index in [2.05, 4.69) is 10.6 Å². The summed E-state index contributed by atoms with van der Waals surface area (Å²) in [4.78, 5) is 41.3. The molecule has 3 atom stereocenters. The number of methoxy groups -OCH3 is 1. The van der Waals surface area contributed by atoms with Crippen molar-refractivity contribution in [2.75, 3.05) is 27.7 Å². The number of urea groups is 2. The molecule has 2 aliphatic heterocycles. The highest BCUT2D eigenvalue weighted by molar-refractivity contribution is 5.88. The molecule has 2 heterocycles. The minimum atomic E-state index is -0.498. The summed E-state index contributed by atoms with van der Waals surface area (Å²) in [5.41, 5.74) is 0.961. The first-order valence-corrected chi connectivity index (χ1v) is 8.87. The normalized spacial score (nSPS) is 22.6. The number of fused-ring (bicyclic) bond motifs is 1. The number of amides is 5. The highest BCUT2D eigenvalue weighted by atomic mass is 16.5. The van der Waals surface area contributed by atoms with Crippen molar-refractivity contribution < 1.29 is 19.1 Å². The van der Waals surface area contributed by atoms with Crippen molar-refractivity contribution in [3.05, 3.63) is 29.8 Å². The van der Waals surface area contributed by atoms with Crippen LogP contribution in [0.1, 0.15) is 24.9 Å². The maximum absolute atomic E-state index is 12.6. The molecule has 9 heteroatoms. The molecule has 0 spiro atoms. The standard InChI is InChI=1S/C18H25N5O4/c1-5-13(11-6-8-12(27-4)9-7-11)19-14(24)10-23-16-15(20-17(23)25)21(2)18(26)22(16)3/h6-9,13,15-16H,5,10H2,1-4H3,(H,19,24)(H,20,25)/t13-,15+,16-/m0/s1. The van der Waals surface area contributed by atoms with Gasteiger partial charge >= 0.3 is 12.1 Å². The van der Waals surface area contributed by atoms with Crippen molar-refractivity contribution >= 4 is 18.0 Å². The minimum absolute atomic E-state index is 0.120. The number of carbonyl (C=O) groups excluding carboxylic acids is 3. The Labute approximate surface area is 158 Å². The molecule has 146 valence electrons. The average Bonchev–Trinajstić information content (AvgIpc) is 3.09. The number of hydrogen-bond donors (Lipinski definition) is 2. The minimum Gasteiger partial charge on any atom is -0.497 e. The third-order valence-corrected chi connectivity index (χ3v) is 5.13. The van der Waals surface area contributed by atoms with Gasteiger partial charge in [-0.15, -0.1) is 0 Å². The number of nitrogens with one attached hydrogen (secondary N) is 2. The maximum Gasteiger partial charge on any atom is 0.323 e. The van der Waals surface area contributed by atoms with E-state index in [0.717, 1.165) is 11.3 Å². The lowest BCUT2D eigenvalue weighted by Crippen LogP contribution is -2.49. The Hall–Kier alpha value is -2.97. The van der Waals surface area contributed by atoms with Gasteiger partial charge in [0, 0.05) is 14.1 Å². The van der Waals surface area contributed by atoms with Crippen LogP contribution in [0.3, 0.4) is 0 Å². The number of hydrogen-bond acceptors (Lipinski definition) is 4. The topological polar surface area (TPSA) is 94.2 Å². The number of ether oxygens (including phenoxy) is 1. The molecular weight excluding hydrogens is 350 g/mol. The van der Waals surface area contributed by atoms with Crippen LogP contribution in [-0.2, 0) is 4.79 Å². The summed E-state index contributed by atoms with van der Waals surface area (Å²) in [6.07, 6.45) is -0.245. The zero-order valence-electron chi connectivity index (χ0n) is 15.9. The van der Waals surface area contributed by atoms with Gasteiger partial charge in [0.1, 0.15) is 24.6 Å². The zero-order valence-corrected chi connectivity index (χ0v) is 15.9. The van der Waals surface area contributed by atoms with Crippen LogP contribution in [0, 0.1) is 0 Å². The Kier molecular flexibility index (Phi) is 5.11. The van der Waals surface area contributed by atoms with E-state index in [0.29, 0.717) is 6.42 Å². The quantitative estimate of drug-likeness (QED) is 0.774. The number of likely N-dealkylation sites (N-methyl/N-ethyl adjacent to an activating group) is 2. The molecule has 0 unspecified atom stereocenters. The Balaban J connectivity index is 1.67. The molecule has 2 fully saturated rings. The Morgan fingerprint density at radius 1 is 1.22 bits per heavy atom. The van der Waals surface area contributed by atoms with E-state index in [-0.39, 0.29) is 30.6 Å². The molecule has 1 aromatic carbocycles. The van der Waals surface area contributed by atoms with Gasteiger partial charge < -0.3 is 25.2 Å². The largest absolute Gasteiger partial charge is 0.497 e. The van der Waals surface area contributed by atoms with Crippen LogP contribution in [0.2, 0.25) is 0 Å². The van der Waals surface area contributed by atoms with Crippen molar-refractivity contribution in [1.29, 1.82) is 0 Å². The monoisotopic (exact) mass is 375 g/mol. The van der Waals surface area contributed by atoms with Crippen molar-refractivity contribution in [1.82, 2.24) is 25.3 Å². The Morgan fingerprint density at radius 2 is 1.89 bits per heavy atom. The molecule has 3 rings (SSSR count). The SMILES string of the molecule is CC[C@H](NC(=O)CN1C(=O)N[C@H]2[C@H]1N(C)C(=O)N2C)c1ccc(OC)cc1. The predicted octanol–water partition coefficient (Wildman–Crippen LogP) is 0.937. The fourth-order valence-electron chi connectivity index (χ4n) is 3.59. The molecule has 9 nitrogen and oxygen atoms in total. The molecule has 0 radical (unpaired) electrons. The summed E-state index contributed by atoms with van der Waals surface area (Å²) in [7, 11) is 4.86. The summed E-state index contributed by atoms with van der Waals surface area (Å²) < 4.78 is 5.16. The number of benzene rings is 1. The maximum atomic E-state index is 12.6. The van der Waals surface area contributed by atoms with E-state index in [1.54, 1.807) is 21.2 Å². The van der Waals surface area contributed by atoms with E-state index < -0.39 is 12.3 Å². The number of nitrogens with zero attached hydrogens (tertiary/aromatic N) is 3. The van der Waals surface area contributed by atoms with E-state index in [9.17, 15) is 14.4 Å². The molecule has 0 aliphatic carbocycles. The lowest BCUT2D eigenvalue weighted by atomic mass is 10.0. The molecule has 5 amide bonds.